The maximum absolute atomic E-state index is 12.3. The third-order valence-corrected chi connectivity index (χ3v) is 4.93. The van der Waals surface area contributed by atoms with Crippen LogP contribution in [0.25, 0.3) is 0 Å². The molecule has 3 rings (SSSR count). The number of nitrogens with zero attached hydrogens (tertiary/aromatic N) is 2. The lowest BCUT2D eigenvalue weighted by atomic mass is 10.2. The highest BCUT2D eigenvalue weighted by Gasteiger charge is 2.10. The quantitative estimate of drug-likeness (QED) is 0.613. The van der Waals surface area contributed by atoms with Crippen LogP contribution in [0.5, 0.6) is 0 Å². The number of anilines is 1. The molecule has 0 spiro atoms. The molecule has 2 heterocycles. The second-order valence-corrected chi connectivity index (χ2v) is 7.22. The molecule has 6 nitrogen and oxygen atoms in total. The first-order valence-electron chi connectivity index (χ1n) is 8.77. The first-order valence-corrected chi connectivity index (χ1v) is 9.65. The molecule has 0 atom stereocenters. The van der Waals surface area contributed by atoms with Crippen LogP contribution in [0.4, 0.5) is 5.69 Å². The van der Waals surface area contributed by atoms with Crippen molar-refractivity contribution in [3.63, 3.8) is 0 Å². The monoisotopic (exact) mass is 382 g/mol. The Kier molecular flexibility index (Phi) is 6.03. The van der Waals surface area contributed by atoms with Crippen LogP contribution in [0.15, 0.2) is 47.8 Å². The number of carbonyl (C=O) groups is 2. The van der Waals surface area contributed by atoms with Crippen molar-refractivity contribution in [2.24, 2.45) is 0 Å². The SMILES string of the molecule is Cc1cc(C)n(CCCNC(=O)c2cccc(NC(=O)c3cccs3)c2)n1. The minimum atomic E-state index is -0.174. The van der Waals surface area contributed by atoms with Crippen molar-refractivity contribution in [1.82, 2.24) is 15.1 Å². The first-order chi connectivity index (χ1) is 13.0. The van der Waals surface area contributed by atoms with Crippen LogP contribution in [0, 0.1) is 13.8 Å². The lowest BCUT2D eigenvalue weighted by molar-refractivity contribution is 0.0951. The zero-order chi connectivity index (χ0) is 19.2. The van der Waals surface area contributed by atoms with E-state index in [4.69, 9.17) is 0 Å². The van der Waals surface area contributed by atoms with Gasteiger partial charge in [-0.05, 0) is 56.0 Å². The van der Waals surface area contributed by atoms with E-state index in [0.717, 1.165) is 24.4 Å². The molecule has 0 unspecified atom stereocenters. The molecule has 0 saturated carbocycles. The van der Waals surface area contributed by atoms with Crippen molar-refractivity contribution in [3.8, 4) is 0 Å². The van der Waals surface area contributed by atoms with Crippen molar-refractivity contribution in [2.75, 3.05) is 11.9 Å². The van der Waals surface area contributed by atoms with Crippen LogP contribution < -0.4 is 10.6 Å². The highest BCUT2D eigenvalue weighted by atomic mass is 32.1. The Bertz CT molecular complexity index is 931. The molecule has 0 radical (unpaired) electrons. The van der Waals surface area contributed by atoms with Gasteiger partial charge < -0.3 is 10.6 Å². The fourth-order valence-corrected chi connectivity index (χ4v) is 3.39. The third-order valence-electron chi connectivity index (χ3n) is 4.06. The molecule has 1 aromatic carbocycles. The van der Waals surface area contributed by atoms with Gasteiger partial charge in [-0.25, -0.2) is 0 Å². The fourth-order valence-electron chi connectivity index (χ4n) is 2.77. The lowest BCUT2D eigenvalue weighted by Crippen LogP contribution is -2.25. The summed E-state index contributed by atoms with van der Waals surface area (Å²) in [5.74, 6) is -0.331. The average Bonchev–Trinajstić information content (AvgIpc) is 3.28. The molecule has 7 heteroatoms. The van der Waals surface area contributed by atoms with E-state index in [-0.39, 0.29) is 11.8 Å². The van der Waals surface area contributed by atoms with Gasteiger partial charge in [-0.1, -0.05) is 12.1 Å². The fraction of sp³-hybridized carbons (Fsp3) is 0.250. The minimum Gasteiger partial charge on any atom is -0.352 e. The normalized spacial score (nSPS) is 10.6. The summed E-state index contributed by atoms with van der Waals surface area (Å²) in [6.45, 7) is 5.31. The number of hydrogen-bond donors (Lipinski definition) is 2. The van der Waals surface area contributed by atoms with E-state index in [1.54, 1.807) is 30.3 Å². The van der Waals surface area contributed by atoms with E-state index >= 15 is 0 Å². The van der Waals surface area contributed by atoms with Crippen molar-refractivity contribution < 1.29 is 9.59 Å². The first kappa shape index (κ1) is 18.8. The van der Waals surface area contributed by atoms with Crippen LogP contribution in [0.1, 0.15) is 37.8 Å². The lowest BCUT2D eigenvalue weighted by Gasteiger charge is -2.09. The Labute approximate surface area is 162 Å². The second-order valence-electron chi connectivity index (χ2n) is 6.27. The van der Waals surface area contributed by atoms with Gasteiger partial charge in [0.05, 0.1) is 10.6 Å². The van der Waals surface area contributed by atoms with E-state index in [1.807, 2.05) is 36.0 Å². The molecular weight excluding hydrogens is 360 g/mol. The topological polar surface area (TPSA) is 76.0 Å². The Balaban J connectivity index is 1.51. The molecule has 140 valence electrons. The molecule has 0 aliphatic rings. The number of hydrogen-bond acceptors (Lipinski definition) is 4. The van der Waals surface area contributed by atoms with Gasteiger partial charge in [0.25, 0.3) is 11.8 Å². The Morgan fingerprint density at radius 1 is 1.11 bits per heavy atom. The summed E-state index contributed by atoms with van der Waals surface area (Å²) in [5.41, 5.74) is 3.24. The third kappa shape index (κ3) is 5.04. The van der Waals surface area contributed by atoms with Crippen molar-refractivity contribution in [1.29, 1.82) is 0 Å². The number of aryl methyl sites for hydroxylation is 3. The number of amides is 2. The van der Waals surface area contributed by atoms with Gasteiger partial charge in [-0.2, -0.15) is 5.10 Å². The van der Waals surface area contributed by atoms with Crippen LogP contribution in [-0.2, 0) is 6.54 Å². The van der Waals surface area contributed by atoms with Gasteiger partial charge in [-0.15, -0.1) is 11.3 Å². The summed E-state index contributed by atoms with van der Waals surface area (Å²) in [6.07, 6.45) is 0.794. The second kappa shape index (κ2) is 8.64. The summed E-state index contributed by atoms with van der Waals surface area (Å²) in [6, 6.07) is 12.6. The highest BCUT2D eigenvalue weighted by molar-refractivity contribution is 7.12. The minimum absolute atomic E-state index is 0.157. The predicted molar refractivity (Wildman–Crippen MR) is 107 cm³/mol. The highest BCUT2D eigenvalue weighted by Crippen LogP contribution is 2.15. The standard InChI is InChI=1S/C20H22N4O2S/c1-14-12-15(2)24(23-14)10-5-9-21-19(25)16-6-3-7-17(13-16)22-20(26)18-8-4-11-27-18/h3-4,6-8,11-13H,5,9-10H2,1-2H3,(H,21,25)(H,22,26). The molecule has 0 aliphatic heterocycles. The Morgan fingerprint density at radius 2 is 1.96 bits per heavy atom. The number of carbonyl (C=O) groups excluding carboxylic acids is 2. The molecule has 0 bridgehead atoms. The van der Waals surface area contributed by atoms with Gasteiger partial charge >= 0.3 is 0 Å². The molecular formula is C20H22N4O2S. The van der Waals surface area contributed by atoms with Crippen molar-refractivity contribution >= 4 is 28.8 Å². The van der Waals surface area contributed by atoms with E-state index in [9.17, 15) is 9.59 Å². The van der Waals surface area contributed by atoms with Gasteiger partial charge in [0.15, 0.2) is 0 Å². The molecule has 27 heavy (non-hydrogen) atoms. The van der Waals surface area contributed by atoms with Crippen molar-refractivity contribution in [2.45, 2.75) is 26.8 Å². The maximum atomic E-state index is 12.3. The number of aromatic nitrogens is 2. The number of rotatable bonds is 7. The summed E-state index contributed by atoms with van der Waals surface area (Å²) in [4.78, 5) is 25.1. The molecule has 0 fully saturated rings. The van der Waals surface area contributed by atoms with Crippen LogP contribution in [-0.4, -0.2) is 28.1 Å². The summed E-state index contributed by atoms with van der Waals surface area (Å²) >= 11 is 1.38. The van der Waals surface area contributed by atoms with E-state index < -0.39 is 0 Å². The molecule has 2 amide bonds. The summed E-state index contributed by atoms with van der Waals surface area (Å²) < 4.78 is 1.95. The van der Waals surface area contributed by atoms with Crippen LogP contribution in [0.2, 0.25) is 0 Å². The summed E-state index contributed by atoms with van der Waals surface area (Å²) in [5, 5.41) is 12.0. The van der Waals surface area contributed by atoms with Crippen LogP contribution >= 0.6 is 11.3 Å². The number of thiophene rings is 1. The number of nitrogens with one attached hydrogen (secondary N) is 2. The maximum Gasteiger partial charge on any atom is 0.265 e. The largest absolute Gasteiger partial charge is 0.352 e. The van der Waals surface area contributed by atoms with E-state index in [1.165, 1.54) is 11.3 Å². The van der Waals surface area contributed by atoms with Gasteiger partial charge in [-0.3, -0.25) is 14.3 Å². The zero-order valence-corrected chi connectivity index (χ0v) is 16.2. The van der Waals surface area contributed by atoms with E-state index in [0.29, 0.717) is 22.7 Å². The summed E-state index contributed by atoms with van der Waals surface area (Å²) in [7, 11) is 0. The average molecular weight is 382 g/mol. The van der Waals surface area contributed by atoms with Crippen molar-refractivity contribution in [3.05, 3.63) is 69.7 Å². The van der Waals surface area contributed by atoms with Gasteiger partial charge in [0.2, 0.25) is 0 Å². The molecule has 0 aliphatic carbocycles. The molecule has 2 aromatic heterocycles. The predicted octanol–water partition coefficient (Wildman–Crippen LogP) is 3.63. The molecule has 2 N–H and O–H groups in total. The molecule has 0 saturated heterocycles. The van der Waals surface area contributed by atoms with Gasteiger partial charge in [0.1, 0.15) is 0 Å². The molecule has 3 aromatic rings. The Hall–Kier alpha value is -2.93. The number of benzene rings is 1. The zero-order valence-electron chi connectivity index (χ0n) is 15.4. The van der Waals surface area contributed by atoms with Crippen LogP contribution in [0.3, 0.4) is 0 Å². The Morgan fingerprint density at radius 3 is 2.67 bits per heavy atom. The van der Waals surface area contributed by atoms with Gasteiger partial charge in [0, 0.05) is 30.0 Å². The smallest absolute Gasteiger partial charge is 0.265 e. The van der Waals surface area contributed by atoms with E-state index in [2.05, 4.69) is 15.7 Å².